The molecular formula is C5H4FNO2. The summed E-state index contributed by atoms with van der Waals surface area (Å²) in [6, 6.07) is 0. The van der Waals surface area contributed by atoms with Crippen LogP contribution in [-0.2, 0) is 4.79 Å². The van der Waals surface area contributed by atoms with E-state index in [0.29, 0.717) is 0 Å². The molecule has 1 aliphatic rings. The normalized spacial score (nSPS) is 26.1. The molecule has 0 saturated heterocycles. The number of ketones is 1. The number of hydrogen-bond donors (Lipinski definition) is 1. The average molecular weight is 129 g/mol. The monoisotopic (exact) mass is 129 g/mol. The molecule has 4 heteroatoms. The molecule has 1 N–H and O–H groups in total. The van der Waals surface area contributed by atoms with Crippen LogP contribution in [0.2, 0.25) is 0 Å². The maximum Gasteiger partial charge on any atom is 0.238 e. The lowest BCUT2D eigenvalue weighted by molar-refractivity contribution is -0.120. The van der Waals surface area contributed by atoms with E-state index in [-0.39, 0.29) is 0 Å². The second-order valence-electron chi connectivity index (χ2n) is 1.58. The minimum Gasteiger partial charge on any atom is -0.503 e. The number of aliphatic hydroxyl groups excluding tert-OH is 1. The van der Waals surface area contributed by atoms with E-state index in [9.17, 15) is 9.18 Å². The van der Waals surface area contributed by atoms with Gasteiger partial charge in [0.05, 0.1) is 6.20 Å². The third kappa shape index (κ3) is 0.960. The Morgan fingerprint density at radius 3 is 2.89 bits per heavy atom. The van der Waals surface area contributed by atoms with Gasteiger partial charge in [-0.25, -0.2) is 4.39 Å². The van der Waals surface area contributed by atoms with Crippen LogP contribution in [0, 0.1) is 0 Å². The second-order valence-corrected chi connectivity index (χ2v) is 1.58. The van der Waals surface area contributed by atoms with E-state index in [1.807, 2.05) is 0 Å². The second kappa shape index (κ2) is 1.97. The van der Waals surface area contributed by atoms with Crippen molar-refractivity contribution in [2.75, 3.05) is 0 Å². The van der Waals surface area contributed by atoms with Crippen LogP contribution in [0.15, 0.2) is 17.0 Å². The smallest absolute Gasteiger partial charge is 0.238 e. The fourth-order valence-electron chi connectivity index (χ4n) is 0.462. The van der Waals surface area contributed by atoms with Gasteiger partial charge in [0.1, 0.15) is 0 Å². The standard InChI is InChI=1S/C5H4FNO2/c6-3-1-7-2-4(8)5(3)9/h1-3,8H/t3-/m0/s1. The van der Waals surface area contributed by atoms with Gasteiger partial charge in [0, 0.05) is 6.21 Å². The number of alkyl halides is 1. The summed E-state index contributed by atoms with van der Waals surface area (Å²) in [7, 11) is 0. The van der Waals surface area contributed by atoms with Crippen molar-refractivity contribution in [3.8, 4) is 0 Å². The molecular weight excluding hydrogens is 125 g/mol. The van der Waals surface area contributed by atoms with E-state index in [1.54, 1.807) is 0 Å². The molecule has 9 heavy (non-hydrogen) atoms. The van der Waals surface area contributed by atoms with E-state index >= 15 is 0 Å². The number of halogens is 1. The SMILES string of the molecule is O=C1C(O)=CN=C[C@@H]1F. The highest BCUT2D eigenvalue weighted by Crippen LogP contribution is 2.03. The van der Waals surface area contributed by atoms with E-state index in [4.69, 9.17) is 5.11 Å². The zero-order valence-corrected chi connectivity index (χ0v) is 4.41. The van der Waals surface area contributed by atoms with Crippen LogP contribution in [0.1, 0.15) is 0 Å². The highest BCUT2D eigenvalue weighted by atomic mass is 19.1. The molecule has 0 amide bonds. The number of rotatable bonds is 0. The molecule has 0 aromatic rings. The Bertz CT molecular complexity index is 197. The van der Waals surface area contributed by atoms with Gasteiger partial charge in [-0.3, -0.25) is 9.79 Å². The molecule has 0 fully saturated rings. The average Bonchev–Trinajstić information content (AvgIpc) is 1.83. The lowest BCUT2D eigenvalue weighted by Crippen LogP contribution is -2.21. The largest absolute Gasteiger partial charge is 0.503 e. The van der Waals surface area contributed by atoms with Crippen molar-refractivity contribution in [2.45, 2.75) is 6.17 Å². The van der Waals surface area contributed by atoms with E-state index in [2.05, 4.69) is 4.99 Å². The summed E-state index contributed by atoms with van der Waals surface area (Å²) < 4.78 is 12.1. The number of hydrogen-bond acceptors (Lipinski definition) is 3. The molecule has 0 bridgehead atoms. The highest BCUT2D eigenvalue weighted by Gasteiger charge is 2.21. The molecule has 0 aromatic heterocycles. The first-order valence-electron chi connectivity index (χ1n) is 2.32. The van der Waals surface area contributed by atoms with Crippen molar-refractivity contribution >= 4 is 12.0 Å². The van der Waals surface area contributed by atoms with Crippen LogP contribution in [0.4, 0.5) is 4.39 Å². The van der Waals surface area contributed by atoms with Gasteiger partial charge in [-0.15, -0.1) is 0 Å². The molecule has 1 heterocycles. The predicted molar refractivity (Wildman–Crippen MR) is 29.1 cm³/mol. The number of aliphatic hydroxyl groups is 1. The van der Waals surface area contributed by atoms with Crippen molar-refractivity contribution in [1.29, 1.82) is 0 Å². The Kier molecular flexibility index (Phi) is 1.30. The number of Topliss-reactive ketones (excluding diaryl/α,β-unsaturated/α-hetero) is 1. The van der Waals surface area contributed by atoms with Gasteiger partial charge in [0.2, 0.25) is 12.0 Å². The molecule has 0 radical (unpaired) electrons. The molecule has 3 nitrogen and oxygen atoms in total. The summed E-state index contributed by atoms with van der Waals surface area (Å²) in [5, 5.41) is 8.51. The minimum atomic E-state index is -1.77. The molecule has 0 aromatic carbocycles. The van der Waals surface area contributed by atoms with Crippen LogP contribution >= 0.6 is 0 Å². The summed E-state index contributed by atoms with van der Waals surface area (Å²) in [5.41, 5.74) is 0. The van der Waals surface area contributed by atoms with Gasteiger partial charge in [0.25, 0.3) is 0 Å². The molecule has 0 spiro atoms. The van der Waals surface area contributed by atoms with Crippen molar-refractivity contribution in [2.24, 2.45) is 4.99 Å². The van der Waals surface area contributed by atoms with E-state index in [1.165, 1.54) is 0 Å². The van der Waals surface area contributed by atoms with Crippen molar-refractivity contribution in [1.82, 2.24) is 0 Å². The van der Waals surface area contributed by atoms with Crippen molar-refractivity contribution in [3.63, 3.8) is 0 Å². The van der Waals surface area contributed by atoms with Gasteiger partial charge in [-0.05, 0) is 0 Å². The molecule has 0 saturated carbocycles. The van der Waals surface area contributed by atoms with Gasteiger partial charge in [-0.2, -0.15) is 0 Å². The third-order valence-electron chi connectivity index (χ3n) is 0.917. The van der Waals surface area contributed by atoms with Gasteiger partial charge in [-0.1, -0.05) is 0 Å². The Balaban J connectivity index is 2.86. The Morgan fingerprint density at radius 2 is 2.44 bits per heavy atom. The Morgan fingerprint density at radius 1 is 1.78 bits per heavy atom. The number of aliphatic imine (C=N–C) groups is 1. The lowest BCUT2D eigenvalue weighted by Gasteiger charge is -2.02. The summed E-state index contributed by atoms with van der Waals surface area (Å²) >= 11 is 0. The first-order chi connectivity index (χ1) is 4.22. The maximum absolute atomic E-state index is 12.1. The Hall–Kier alpha value is -1.19. The first kappa shape index (κ1) is 5.94. The number of carbonyl (C=O) groups is 1. The summed E-state index contributed by atoms with van der Waals surface area (Å²) in [6.45, 7) is 0. The first-order valence-corrected chi connectivity index (χ1v) is 2.32. The summed E-state index contributed by atoms with van der Waals surface area (Å²) in [5.74, 6) is -1.55. The fraction of sp³-hybridized carbons (Fsp3) is 0.200. The molecule has 1 aliphatic heterocycles. The third-order valence-corrected chi connectivity index (χ3v) is 0.917. The van der Waals surface area contributed by atoms with Crippen LogP contribution in [0.3, 0.4) is 0 Å². The molecule has 0 unspecified atom stereocenters. The Labute approximate surface area is 50.5 Å². The van der Waals surface area contributed by atoms with Crippen LogP contribution in [-0.4, -0.2) is 23.3 Å². The summed E-state index contributed by atoms with van der Waals surface area (Å²) in [4.78, 5) is 13.6. The quantitative estimate of drug-likeness (QED) is 0.514. The molecule has 0 aliphatic carbocycles. The number of allylic oxidation sites excluding steroid dienone is 1. The molecule has 1 rings (SSSR count). The lowest BCUT2D eigenvalue weighted by atomic mass is 10.2. The fourth-order valence-corrected chi connectivity index (χ4v) is 0.462. The topological polar surface area (TPSA) is 49.7 Å². The van der Waals surface area contributed by atoms with Crippen LogP contribution < -0.4 is 0 Å². The minimum absolute atomic E-state index is 0.620. The van der Waals surface area contributed by atoms with E-state index in [0.717, 1.165) is 12.4 Å². The summed E-state index contributed by atoms with van der Waals surface area (Å²) in [6.07, 6.45) is -0.0181. The highest BCUT2D eigenvalue weighted by molar-refractivity contribution is 6.08. The van der Waals surface area contributed by atoms with Crippen LogP contribution in [0.25, 0.3) is 0 Å². The zero-order valence-electron chi connectivity index (χ0n) is 4.41. The molecule has 48 valence electrons. The van der Waals surface area contributed by atoms with Gasteiger partial charge < -0.3 is 5.11 Å². The van der Waals surface area contributed by atoms with Crippen molar-refractivity contribution < 1.29 is 14.3 Å². The number of carbonyl (C=O) groups excluding carboxylic acids is 1. The van der Waals surface area contributed by atoms with E-state index < -0.39 is 17.7 Å². The number of nitrogens with zero attached hydrogens (tertiary/aromatic N) is 1. The van der Waals surface area contributed by atoms with Crippen LogP contribution in [0.5, 0.6) is 0 Å². The zero-order chi connectivity index (χ0) is 6.85. The van der Waals surface area contributed by atoms with Gasteiger partial charge in [0.15, 0.2) is 5.76 Å². The van der Waals surface area contributed by atoms with Gasteiger partial charge >= 0.3 is 0 Å². The van der Waals surface area contributed by atoms with Crippen molar-refractivity contribution in [3.05, 3.63) is 12.0 Å². The maximum atomic E-state index is 12.1. The predicted octanol–water partition coefficient (Wildman–Crippen LogP) is 0.377. The molecule has 1 atom stereocenters.